The number of methoxy groups -OCH3 is 1. The van der Waals surface area contributed by atoms with E-state index in [4.69, 9.17) is 38.4 Å². The number of benzene rings is 1. The highest BCUT2D eigenvalue weighted by molar-refractivity contribution is 6.33. The lowest BCUT2D eigenvalue weighted by Crippen LogP contribution is -2.11. The molecular formula is C23H19Cl2F4N5O2. The van der Waals surface area contributed by atoms with Crippen LogP contribution >= 0.6 is 23.2 Å². The summed E-state index contributed by atoms with van der Waals surface area (Å²) in [6, 6.07) is 3.17. The van der Waals surface area contributed by atoms with Gasteiger partial charge in [0.05, 0.1) is 29.9 Å². The van der Waals surface area contributed by atoms with Gasteiger partial charge in [0.15, 0.2) is 16.8 Å². The fraction of sp³-hybridized carbons (Fsp3) is 0.261. The van der Waals surface area contributed by atoms with Gasteiger partial charge in [0.2, 0.25) is 5.88 Å². The molecule has 0 amide bonds. The Morgan fingerprint density at radius 1 is 1.19 bits per heavy atom. The van der Waals surface area contributed by atoms with Gasteiger partial charge >= 0.3 is 6.18 Å². The molecule has 3 heterocycles. The van der Waals surface area contributed by atoms with Crippen LogP contribution in [-0.4, -0.2) is 33.1 Å². The van der Waals surface area contributed by atoms with Crippen LogP contribution in [0.5, 0.6) is 11.6 Å². The molecule has 2 N–H and O–H groups in total. The average Bonchev–Trinajstić information content (AvgIpc) is 3.18. The summed E-state index contributed by atoms with van der Waals surface area (Å²) in [5.41, 5.74) is 5.29. The zero-order chi connectivity index (χ0) is 26.4. The van der Waals surface area contributed by atoms with Crippen LogP contribution in [0.3, 0.4) is 0 Å². The lowest BCUT2D eigenvalue weighted by Gasteiger charge is -2.22. The predicted molar refractivity (Wildman–Crippen MR) is 127 cm³/mol. The van der Waals surface area contributed by atoms with Crippen molar-refractivity contribution in [1.82, 2.24) is 19.4 Å². The molecule has 0 saturated heterocycles. The summed E-state index contributed by atoms with van der Waals surface area (Å²) in [7, 11) is 1.13. The third-order valence-electron chi connectivity index (χ3n) is 5.52. The van der Waals surface area contributed by atoms with Crippen molar-refractivity contribution in [3.63, 3.8) is 0 Å². The van der Waals surface area contributed by atoms with Gasteiger partial charge in [-0.05, 0) is 25.1 Å². The summed E-state index contributed by atoms with van der Waals surface area (Å²) in [6.07, 6.45) is -1.63. The number of nitrogens with two attached hydrogens (primary N) is 1. The molecule has 0 radical (unpaired) electrons. The van der Waals surface area contributed by atoms with E-state index in [1.165, 1.54) is 12.3 Å². The highest BCUT2D eigenvalue weighted by atomic mass is 35.5. The second-order valence-corrected chi connectivity index (χ2v) is 8.43. The monoisotopic (exact) mass is 543 g/mol. The van der Waals surface area contributed by atoms with Crippen LogP contribution in [0.4, 0.5) is 23.4 Å². The first-order valence-corrected chi connectivity index (χ1v) is 11.3. The third-order valence-corrected chi connectivity index (χ3v) is 6.06. The quantitative estimate of drug-likeness (QED) is 0.283. The molecule has 0 bridgehead atoms. The Bertz CT molecular complexity index is 1460. The van der Waals surface area contributed by atoms with Crippen LogP contribution in [0.15, 0.2) is 30.6 Å². The van der Waals surface area contributed by atoms with E-state index in [1.807, 2.05) is 0 Å². The Morgan fingerprint density at radius 3 is 2.56 bits per heavy atom. The van der Waals surface area contributed by atoms with Crippen molar-refractivity contribution in [1.29, 1.82) is 0 Å². The number of alkyl halides is 3. The van der Waals surface area contributed by atoms with E-state index in [-0.39, 0.29) is 39.5 Å². The Morgan fingerprint density at radius 2 is 1.92 bits per heavy atom. The van der Waals surface area contributed by atoms with Crippen molar-refractivity contribution in [2.45, 2.75) is 25.9 Å². The fourth-order valence-corrected chi connectivity index (χ4v) is 4.41. The number of pyridine rings is 1. The molecule has 1 aromatic carbocycles. The zero-order valence-electron chi connectivity index (χ0n) is 19.1. The number of hydrogen-bond donors (Lipinski definition) is 1. The van der Waals surface area contributed by atoms with Gasteiger partial charge in [-0.2, -0.15) is 13.2 Å². The summed E-state index contributed by atoms with van der Waals surface area (Å²) in [4.78, 5) is 12.0. The number of hydrogen-bond acceptors (Lipinski definition) is 6. The van der Waals surface area contributed by atoms with E-state index in [1.54, 1.807) is 24.4 Å². The summed E-state index contributed by atoms with van der Waals surface area (Å²) in [5.74, 6) is -1.30. The maximum atomic E-state index is 15.5. The highest BCUT2D eigenvalue weighted by Crippen LogP contribution is 2.46. The molecule has 3 aromatic heterocycles. The first-order chi connectivity index (χ1) is 17.0. The Kier molecular flexibility index (Phi) is 6.89. The van der Waals surface area contributed by atoms with Crippen molar-refractivity contribution in [2.24, 2.45) is 0 Å². The van der Waals surface area contributed by atoms with E-state index in [0.717, 1.165) is 19.2 Å². The van der Waals surface area contributed by atoms with Crippen LogP contribution in [0.1, 0.15) is 36.8 Å². The summed E-state index contributed by atoms with van der Waals surface area (Å²) in [5, 5.41) is -0.173. The molecule has 7 nitrogen and oxygen atoms in total. The minimum Gasteiger partial charge on any atom is -0.493 e. The molecular weight excluding hydrogens is 525 g/mol. The lowest BCUT2D eigenvalue weighted by atomic mass is 9.93. The lowest BCUT2D eigenvalue weighted by molar-refractivity contribution is -0.141. The standard InChI is InChI=1S/C23H19Cl2F4N5O2/c1-4-36-18-12(10(2)21-33-19(25)17-20(30)31-7-8-34(17)21)9-13(24)16(26)15(18)11-5-6-14(23(27,28)29)32-22(11)35-3/h5-10H,4H2,1-3H3,(H2,30,31)/t10-/m1/s1. The molecule has 0 spiro atoms. The number of halogens is 6. The number of rotatable bonds is 6. The maximum Gasteiger partial charge on any atom is 0.433 e. The second-order valence-electron chi connectivity index (χ2n) is 7.66. The van der Waals surface area contributed by atoms with Gasteiger partial charge in [0, 0.05) is 23.9 Å². The van der Waals surface area contributed by atoms with Crippen LogP contribution in [0.25, 0.3) is 16.6 Å². The van der Waals surface area contributed by atoms with Crippen molar-refractivity contribution in [3.8, 4) is 22.8 Å². The van der Waals surface area contributed by atoms with Crippen LogP contribution in [0, 0.1) is 5.82 Å². The normalized spacial score (nSPS) is 12.7. The Labute approximate surface area is 212 Å². The molecule has 0 unspecified atom stereocenters. The maximum absolute atomic E-state index is 15.5. The van der Waals surface area contributed by atoms with Crippen molar-refractivity contribution in [2.75, 3.05) is 19.5 Å². The molecule has 0 aliphatic heterocycles. The van der Waals surface area contributed by atoms with Gasteiger partial charge in [0.1, 0.15) is 22.8 Å². The topological polar surface area (TPSA) is 87.6 Å². The number of anilines is 1. The molecule has 1 atom stereocenters. The molecule has 0 aliphatic carbocycles. The van der Waals surface area contributed by atoms with E-state index >= 15 is 4.39 Å². The largest absolute Gasteiger partial charge is 0.493 e. The molecule has 190 valence electrons. The number of aromatic nitrogens is 4. The smallest absolute Gasteiger partial charge is 0.433 e. The Balaban J connectivity index is 1.99. The molecule has 0 fully saturated rings. The van der Waals surface area contributed by atoms with Crippen LogP contribution in [-0.2, 0) is 6.18 Å². The average molecular weight is 544 g/mol. The van der Waals surface area contributed by atoms with E-state index in [0.29, 0.717) is 16.9 Å². The van der Waals surface area contributed by atoms with E-state index in [9.17, 15) is 13.2 Å². The molecule has 0 aliphatic rings. The van der Waals surface area contributed by atoms with Crippen LogP contribution < -0.4 is 15.2 Å². The van der Waals surface area contributed by atoms with E-state index in [2.05, 4.69) is 15.0 Å². The number of nitrogens with zero attached hydrogens (tertiary/aromatic N) is 4. The first kappa shape index (κ1) is 25.8. The van der Waals surface area contributed by atoms with Crippen molar-refractivity contribution >= 4 is 34.5 Å². The molecule has 4 aromatic rings. The number of nitrogen functional groups attached to an aromatic ring is 1. The minimum atomic E-state index is -4.72. The summed E-state index contributed by atoms with van der Waals surface area (Å²) in [6.45, 7) is 3.56. The molecule has 36 heavy (non-hydrogen) atoms. The minimum absolute atomic E-state index is 0.0432. The molecule has 4 rings (SSSR count). The second kappa shape index (κ2) is 9.62. The summed E-state index contributed by atoms with van der Waals surface area (Å²) < 4.78 is 67.7. The van der Waals surface area contributed by atoms with Gasteiger partial charge in [-0.15, -0.1) is 0 Å². The SMILES string of the molecule is CCOc1c([C@@H](C)c2nc(Cl)c3c(N)nccn23)cc(Cl)c(F)c1-c1ccc(C(F)(F)F)nc1OC. The number of ether oxygens (including phenoxy) is 2. The van der Waals surface area contributed by atoms with Crippen molar-refractivity contribution < 1.29 is 27.0 Å². The van der Waals surface area contributed by atoms with Crippen LogP contribution in [0.2, 0.25) is 10.2 Å². The number of imidazole rings is 1. The van der Waals surface area contributed by atoms with Gasteiger partial charge in [-0.3, -0.25) is 4.40 Å². The predicted octanol–water partition coefficient (Wildman–Crippen LogP) is 6.40. The number of fused-ring (bicyclic) bond motifs is 1. The van der Waals surface area contributed by atoms with Gasteiger partial charge in [0.25, 0.3) is 0 Å². The third kappa shape index (κ3) is 4.37. The highest BCUT2D eigenvalue weighted by Gasteiger charge is 2.35. The summed E-state index contributed by atoms with van der Waals surface area (Å²) >= 11 is 12.6. The molecule has 13 heteroatoms. The van der Waals surface area contributed by atoms with Gasteiger partial charge in [-0.1, -0.05) is 30.1 Å². The van der Waals surface area contributed by atoms with E-state index < -0.39 is 29.5 Å². The molecule has 0 saturated carbocycles. The van der Waals surface area contributed by atoms with Gasteiger partial charge < -0.3 is 15.2 Å². The van der Waals surface area contributed by atoms with Gasteiger partial charge in [-0.25, -0.2) is 19.3 Å². The first-order valence-electron chi connectivity index (χ1n) is 10.5. The fourth-order valence-electron chi connectivity index (χ4n) is 3.92. The van der Waals surface area contributed by atoms with Crippen molar-refractivity contribution in [3.05, 3.63) is 63.7 Å². The zero-order valence-corrected chi connectivity index (χ0v) is 20.6. The Hall–Kier alpha value is -3.31.